The minimum atomic E-state index is -0.388. The normalized spacial score (nSPS) is 11.1. The topological polar surface area (TPSA) is 12.0 Å². The van der Waals surface area contributed by atoms with E-state index in [1.165, 1.54) is 12.1 Å². The zero-order valence-corrected chi connectivity index (χ0v) is 12.0. The summed E-state index contributed by atoms with van der Waals surface area (Å²) in [5.74, 6) is -0.770. The zero-order chi connectivity index (χ0) is 14.7. The Bertz CT molecular complexity index is 606. The molecule has 20 heavy (non-hydrogen) atoms. The Kier molecular flexibility index (Phi) is 4.50. The van der Waals surface area contributed by atoms with Gasteiger partial charge in [-0.05, 0) is 35.7 Å². The van der Waals surface area contributed by atoms with Crippen molar-refractivity contribution in [1.82, 2.24) is 5.32 Å². The van der Waals surface area contributed by atoms with Gasteiger partial charge in [0.1, 0.15) is 11.6 Å². The van der Waals surface area contributed by atoms with E-state index in [-0.39, 0.29) is 11.6 Å². The molecule has 0 bridgehead atoms. The van der Waals surface area contributed by atoms with Gasteiger partial charge in [-0.25, -0.2) is 8.78 Å². The molecule has 0 unspecified atom stereocenters. The summed E-state index contributed by atoms with van der Waals surface area (Å²) in [6, 6.07) is 10.4. The average Bonchev–Trinajstić information content (AvgIpc) is 2.41. The highest BCUT2D eigenvalue weighted by Gasteiger charge is 2.12. The highest BCUT2D eigenvalue weighted by molar-refractivity contribution is 5.68. The van der Waals surface area contributed by atoms with Crippen LogP contribution in [0.15, 0.2) is 36.4 Å². The van der Waals surface area contributed by atoms with Crippen molar-refractivity contribution < 1.29 is 8.78 Å². The van der Waals surface area contributed by atoms with Crippen LogP contribution in [0.1, 0.15) is 25.0 Å². The predicted molar refractivity (Wildman–Crippen MR) is 78.5 cm³/mol. The molecule has 0 aliphatic heterocycles. The van der Waals surface area contributed by atoms with E-state index >= 15 is 0 Å². The second kappa shape index (κ2) is 6.14. The minimum Gasteiger partial charge on any atom is -0.310 e. The van der Waals surface area contributed by atoms with Crippen LogP contribution >= 0.6 is 0 Å². The van der Waals surface area contributed by atoms with Crippen molar-refractivity contribution in [2.45, 2.75) is 33.4 Å². The number of rotatable bonds is 4. The first-order valence-corrected chi connectivity index (χ1v) is 6.76. The fraction of sp³-hybridized carbons (Fsp3) is 0.294. The molecule has 0 fully saturated rings. The van der Waals surface area contributed by atoms with Crippen LogP contribution in [0.3, 0.4) is 0 Å². The second-order valence-electron chi connectivity index (χ2n) is 5.27. The van der Waals surface area contributed by atoms with E-state index in [4.69, 9.17) is 0 Å². The Labute approximate surface area is 118 Å². The highest BCUT2D eigenvalue weighted by atomic mass is 19.1. The van der Waals surface area contributed by atoms with E-state index in [2.05, 4.69) is 19.2 Å². The van der Waals surface area contributed by atoms with Crippen molar-refractivity contribution in [2.75, 3.05) is 0 Å². The summed E-state index contributed by atoms with van der Waals surface area (Å²) >= 11 is 0. The van der Waals surface area contributed by atoms with Crippen LogP contribution < -0.4 is 5.32 Å². The minimum absolute atomic E-state index is 0.314. The number of hydrogen-bond donors (Lipinski definition) is 1. The fourth-order valence-electron chi connectivity index (χ4n) is 2.10. The second-order valence-corrected chi connectivity index (χ2v) is 5.27. The molecule has 0 atom stereocenters. The third-order valence-corrected chi connectivity index (χ3v) is 3.26. The van der Waals surface area contributed by atoms with Crippen molar-refractivity contribution >= 4 is 0 Å². The van der Waals surface area contributed by atoms with E-state index in [0.29, 0.717) is 23.7 Å². The van der Waals surface area contributed by atoms with Crippen molar-refractivity contribution in [3.05, 3.63) is 59.2 Å². The number of aryl methyl sites for hydroxylation is 1. The summed E-state index contributed by atoms with van der Waals surface area (Å²) in [4.78, 5) is 0. The summed E-state index contributed by atoms with van der Waals surface area (Å²) in [6.45, 7) is 6.29. The quantitative estimate of drug-likeness (QED) is 0.870. The lowest BCUT2D eigenvalue weighted by molar-refractivity contribution is 0.586. The summed E-state index contributed by atoms with van der Waals surface area (Å²) in [5, 5.41) is 3.30. The zero-order valence-electron chi connectivity index (χ0n) is 12.0. The third kappa shape index (κ3) is 3.23. The van der Waals surface area contributed by atoms with Gasteiger partial charge in [-0.15, -0.1) is 0 Å². The van der Waals surface area contributed by atoms with Crippen LogP contribution in [0.25, 0.3) is 11.1 Å². The Balaban J connectivity index is 2.45. The van der Waals surface area contributed by atoms with Crippen LogP contribution in [0, 0.1) is 18.6 Å². The summed E-state index contributed by atoms with van der Waals surface area (Å²) in [6.07, 6.45) is 0. The predicted octanol–water partition coefficient (Wildman–Crippen LogP) is 4.44. The van der Waals surface area contributed by atoms with Crippen LogP contribution in [0.5, 0.6) is 0 Å². The van der Waals surface area contributed by atoms with Gasteiger partial charge in [-0.2, -0.15) is 0 Å². The maximum Gasteiger partial charge on any atom is 0.131 e. The Morgan fingerprint density at radius 1 is 1.00 bits per heavy atom. The van der Waals surface area contributed by atoms with E-state index in [1.54, 1.807) is 6.92 Å². The molecule has 1 nitrogen and oxygen atoms in total. The van der Waals surface area contributed by atoms with E-state index < -0.39 is 0 Å². The van der Waals surface area contributed by atoms with Gasteiger partial charge in [0.2, 0.25) is 0 Å². The van der Waals surface area contributed by atoms with Gasteiger partial charge >= 0.3 is 0 Å². The van der Waals surface area contributed by atoms with Gasteiger partial charge in [0.05, 0.1) is 0 Å². The molecule has 0 amide bonds. The summed E-state index contributed by atoms with van der Waals surface area (Å²) < 4.78 is 27.8. The van der Waals surface area contributed by atoms with Crippen molar-refractivity contribution in [3.63, 3.8) is 0 Å². The molecule has 106 valence electrons. The number of nitrogens with one attached hydrogen (secondary N) is 1. The fourth-order valence-corrected chi connectivity index (χ4v) is 2.10. The first kappa shape index (κ1) is 14.7. The number of benzene rings is 2. The van der Waals surface area contributed by atoms with Gasteiger partial charge in [0.15, 0.2) is 0 Å². The number of halogens is 2. The smallest absolute Gasteiger partial charge is 0.131 e. The molecule has 2 aromatic rings. The Morgan fingerprint density at radius 2 is 1.70 bits per heavy atom. The molecule has 1 N–H and O–H groups in total. The van der Waals surface area contributed by atoms with E-state index in [0.717, 1.165) is 11.1 Å². The molecule has 0 heterocycles. The maximum atomic E-state index is 14.1. The molecule has 0 aromatic heterocycles. The summed E-state index contributed by atoms with van der Waals surface area (Å²) in [5.41, 5.74) is 2.33. The van der Waals surface area contributed by atoms with Gasteiger partial charge in [-0.3, -0.25) is 0 Å². The standard InChI is InChI=1S/C17H19F2N/c1-11(2)20-10-13-6-4-5-7-14(13)15-9-16(18)12(3)8-17(15)19/h4-9,11,20H,10H2,1-3H3. The molecule has 0 spiro atoms. The van der Waals surface area contributed by atoms with E-state index in [9.17, 15) is 8.78 Å². The lowest BCUT2D eigenvalue weighted by Gasteiger charge is -2.14. The molecule has 3 heteroatoms. The molecule has 0 saturated carbocycles. The molecule has 2 rings (SSSR count). The summed E-state index contributed by atoms with van der Waals surface area (Å²) in [7, 11) is 0. The molecule has 0 radical (unpaired) electrons. The van der Waals surface area contributed by atoms with Gasteiger partial charge in [0, 0.05) is 18.2 Å². The molecular formula is C17H19F2N. The lowest BCUT2D eigenvalue weighted by Crippen LogP contribution is -2.22. The molecule has 0 saturated heterocycles. The average molecular weight is 275 g/mol. The van der Waals surface area contributed by atoms with Crippen molar-refractivity contribution in [2.24, 2.45) is 0 Å². The van der Waals surface area contributed by atoms with E-state index in [1.807, 2.05) is 24.3 Å². The molecule has 0 aliphatic carbocycles. The van der Waals surface area contributed by atoms with Crippen LogP contribution in [-0.4, -0.2) is 6.04 Å². The first-order chi connectivity index (χ1) is 9.49. The van der Waals surface area contributed by atoms with Crippen LogP contribution in [0.4, 0.5) is 8.78 Å². The van der Waals surface area contributed by atoms with Gasteiger partial charge in [0.25, 0.3) is 0 Å². The van der Waals surface area contributed by atoms with Crippen LogP contribution in [0.2, 0.25) is 0 Å². The van der Waals surface area contributed by atoms with Crippen molar-refractivity contribution in [1.29, 1.82) is 0 Å². The SMILES string of the molecule is Cc1cc(F)c(-c2ccccc2CNC(C)C)cc1F. The Hall–Kier alpha value is -1.74. The van der Waals surface area contributed by atoms with Crippen LogP contribution in [-0.2, 0) is 6.54 Å². The largest absolute Gasteiger partial charge is 0.310 e. The molecular weight excluding hydrogens is 256 g/mol. The maximum absolute atomic E-state index is 14.1. The highest BCUT2D eigenvalue weighted by Crippen LogP contribution is 2.28. The molecule has 2 aromatic carbocycles. The molecule has 0 aliphatic rings. The lowest BCUT2D eigenvalue weighted by atomic mass is 9.97. The third-order valence-electron chi connectivity index (χ3n) is 3.26. The van der Waals surface area contributed by atoms with Gasteiger partial charge < -0.3 is 5.32 Å². The Morgan fingerprint density at radius 3 is 2.40 bits per heavy atom. The number of hydrogen-bond acceptors (Lipinski definition) is 1. The first-order valence-electron chi connectivity index (χ1n) is 6.76. The monoisotopic (exact) mass is 275 g/mol. The van der Waals surface area contributed by atoms with Crippen molar-refractivity contribution in [3.8, 4) is 11.1 Å². The van der Waals surface area contributed by atoms with Gasteiger partial charge in [-0.1, -0.05) is 38.1 Å².